The fraction of sp³-hybridized carbons (Fsp3) is 0.909. The van der Waals surface area contributed by atoms with Gasteiger partial charge in [0.2, 0.25) is 5.91 Å². The lowest BCUT2D eigenvalue weighted by Crippen LogP contribution is -2.58. The molecule has 0 aromatic rings. The van der Waals surface area contributed by atoms with E-state index in [9.17, 15) is 4.79 Å². The summed E-state index contributed by atoms with van der Waals surface area (Å²) in [6.07, 6.45) is 3.19. The maximum absolute atomic E-state index is 11.9. The van der Waals surface area contributed by atoms with E-state index in [4.69, 9.17) is 4.74 Å². The molecule has 2 aliphatic heterocycles. The summed E-state index contributed by atoms with van der Waals surface area (Å²) >= 11 is 0. The van der Waals surface area contributed by atoms with Gasteiger partial charge < -0.3 is 15.4 Å². The monoisotopic (exact) mass is 212 g/mol. The van der Waals surface area contributed by atoms with E-state index in [1.165, 1.54) is 6.42 Å². The van der Waals surface area contributed by atoms with Gasteiger partial charge in [0.15, 0.2) is 0 Å². The number of ether oxygens (including phenoxy) is 1. The van der Waals surface area contributed by atoms with Gasteiger partial charge in [-0.1, -0.05) is 6.92 Å². The predicted molar refractivity (Wildman–Crippen MR) is 57.6 cm³/mol. The fourth-order valence-electron chi connectivity index (χ4n) is 2.89. The molecule has 0 unspecified atom stereocenters. The van der Waals surface area contributed by atoms with E-state index in [1.807, 2.05) is 0 Å². The van der Waals surface area contributed by atoms with Crippen molar-refractivity contribution in [2.45, 2.75) is 31.7 Å². The third kappa shape index (κ3) is 1.66. The Morgan fingerprint density at radius 1 is 1.53 bits per heavy atom. The Bertz CT molecular complexity index is 259. The van der Waals surface area contributed by atoms with E-state index in [-0.39, 0.29) is 11.4 Å². The van der Waals surface area contributed by atoms with Crippen LogP contribution in [0.2, 0.25) is 0 Å². The van der Waals surface area contributed by atoms with Crippen molar-refractivity contribution < 1.29 is 9.53 Å². The molecule has 3 rings (SSSR count). The SMILES string of the molecule is CCC12CNC(C(=O)NCCOC)(C1)C2. The highest BCUT2D eigenvalue weighted by Gasteiger charge is 2.63. The van der Waals surface area contributed by atoms with Crippen LogP contribution in [-0.2, 0) is 9.53 Å². The van der Waals surface area contributed by atoms with Crippen LogP contribution >= 0.6 is 0 Å². The highest BCUT2D eigenvalue weighted by atomic mass is 16.5. The summed E-state index contributed by atoms with van der Waals surface area (Å²) in [5, 5.41) is 6.29. The highest BCUT2D eigenvalue weighted by molar-refractivity contribution is 5.88. The maximum Gasteiger partial charge on any atom is 0.240 e. The lowest BCUT2D eigenvalue weighted by atomic mass is 9.60. The number of methoxy groups -OCH3 is 1. The van der Waals surface area contributed by atoms with Gasteiger partial charge in [-0.15, -0.1) is 0 Å². The highest BCUT2D eigenvalue weighted by Crippen LogP contribution is 2.55. The number of hydrogen-bond donors (Lipinski definition) is 2. The van der Waals surface area contributed by atoms with Crippen LogP contribution in [0.1, 0.15) is 26.2 Å². The summed E-state index contributed by atoms with van der Waals surface area (Å²) in [4.78, 5) is 11.9. The van der Waals surface area contributed by atoms with E-state index in [0.29, 0.717) is 18.6 Å². The second kappa shape index (κ2) is 3.76. The first-order valence-electron chi connectivity index (χ1n) is 5.69. The largest absolute Gasteiger partial charge is 0.383 e. The van der Waals surface area contributed by atoms with Crippen molar-refractivity contribution in [2.75, 3.05) is 26.8 Å². The molecule has 4 nitrogen and oxygen atoms in total. The van der Waals surface area contributed by atoms with Crippen LogP contribution in [0, 0.1) is 5.41 Å². The van der Waals surface area contributed by atoms with Gasteiger partial charge in [0.25, 0.3) is 0 Å². The van der Waals surface area contributed by atoms with Gasteiger partial charge in [0.05, 0.1) is 12.1 Å². The van der Waals surface area contributed by atoms with Crippen molar-refractivity contribution >= 4 is 5.91 Å². The Hall–Kier alpha value is -0.610. The third-order valence-corrected chi connectivity index (χ3v) is 3.93. The van der Waals surface area contributed by atoms with Gasteiger partial charge in [-0.25, -0.2) is 0 Å². The standard InChI is InChI=1S/C11H20N2O2/c1-3-10-6-11(7-10,13-8-10)9(14)12-4-5-15-2/h13H,3-8H2,1-2H3,(H,12,14). The second-order valence-electron chi connectivity index (χ2n) is 4.89. The van der Waals surface area contributed by atoms with Gasteiger partial charge in [-0.05, 0) is 24.7 Å². The summed E-state index contributed by atoms with van der Waals surface area (Å²) in [5.74, 6) is 0.154. The molecule has 0 aromatic carbocycles. The number of hydrogen-bond acceptors (Lipinski definition) is 3. The molecule has 2 heterocycles. The average Bonchev–Trinajstić information content (AvgIpc) is 2.73. The molecule has 0 atom stereocenters. The maximum atomic E-state index is 11.9. The van der Waals surface area contributed by atoms with Gasteiger partial charge >= 0.3 is 0 Å². The van der Waals surface area contributed by atoms with Crippen LogP contribution in [0.3, 0.4) is 0 Å². The van der Waals surface area contributed by atoms with Crippen molar-refractivity contribution in [1.29, 1.82) is 0 Å². The van der Waals surface area contributed by atoms with E-state index in [2.05, 4.69) is 17.6 Å². The van der Waals surface area contributed by atoms with Crippen LogP contribution in [0.15, 0.2) is 0 Å². The Morgan fingerprint density at radius 3 is 2.80 bits per heavy atom. The summed E-state index contributed by atoms with van der Waals surface area (Å²) in [7, 11) is 1.64. The van der Waals surface area contributed by atoms with Crippen molar-refractivity contribution in [3.63, 3.8) is 0 Å². The lowest BCUT2D eigenvalue weighted by Gasteiger charge is -2.44. The van der Waals surface area contributed by atoms with Gasteiger partial charge in [-0.2, -0.15) is 0 Å². The number of nitrogens with one attached hydrogen (secondary N) is 2. The number of carbonyl (C=O) groups is 1. The molecule has 2 N–H and O–H groups in total. The first-order chi connectivity index (χ1) is 7.16. The lowest BCUT2D eigenvalue weighted by molar-refractivity contribution is -0.132. The zero-order chi connectivity index (χ0) is 10.9. The molecule has 2 bridgehead atoms. The molecular weight excluding hydrogens is 192 g/mol. The predicted octanol–water partition coefficient (Wildman–Crippen LogP) is 0.281. The molecule has 0 spiro atoms. The summed E-state index contributed by atoms with van der Waals surface area (Å²) in [6.45, 7) is 4.40. The first-order valence-corrected chi connectivity index (χ1v) is 5.69. The van der Waals surface area contributed by atoms with Gasteiger partial charge in [0.1, 0.15) is 0 Å². The Labute approximate surface area is 90.8 Å². The normalized spacial score (nSPS) is 37.5. The molecule has 2 saturated heterocycles. The summed E-state index contributed by atoms with van der Waals surface area (Å²) < 4.78 is 4.91. The molecule has 0 radical (unpaired) electrons. The zero-order valence-corrected chi connectivity index (χ0v) is 9.56. The molecule has 1 amide bonds. The molecule has 3 fully saturated rings. The van der Waals surface area contributed by atoms with E-state index >= 15 is 0 Å². The minimum atomic E-state index is -0.246. The minimum Gasteiger partial charge on any atom is -0.383 e. The third-order valence-electron chi connectivity index (χ3n) is 3.93. The Morgan fingerprint density at radius 2 is 2.27 bits per heavy atom. The molecule has 1 saturated carbocycles. The number of rotatable bonds is 5. The zero-order valence-electron chi connectivity index (χ0n) is 9.56. The van der Waals surface area contributed by atoms with E-state index < -0.39 is 0 Å². The van der Waals surface area contributed by atoms with Crippen LogP contribution in [-0.4, -0.2) is 38.3 Å². The van der Waals surface area contributed by atoms with Crippen molar-refractivity contribution in [3.8, 4) is 0 Å². The number of amides is 1. The molecule has 15 heavy (non-hydrogen) atoms. The summed E-state index contributed by atoms with van der Waals surface area (Å²) in [5.41, 5.74) is 0.169. The van der Waals surface area contributed by atoms with Crippen LogP contribution in [0.4, 0.5) is 0 Å². The second-order valence-corrected chi connectivity index (χ2v) is 4.89. The van der Waals surface area contributed by atoms with Crippen molar-refractivity contribution in [3.05, 3.63) is 0 Å². The molecule has 86 valence electrons. The molecule has 4 heteroatoms. The quantitative estimate of drug-likeness (QED) is 0.644. The van der Waals surface area contributed by atoms with Gasteiger partial charge in [0, 0.05) is 20.2 Å². The number of fused-ring (bicyclic) bond motifs is 1. The van der Waals surface area contributed by atoms with Crippen molar-refractivity contribution in [1.82, 2.24) is 10.6 Å². The Balaban J connectivity index is 1.83. The van der Waals surface area contributed by atoms with Crippen LogP contribution < -0.4 is 10.6 Å². The van der Waals surface area contributed by atoms with Crippen molar-refractivity contribution in [2.24, 2.45) is 5.41 Å². The van der Waals surface area contributed by atoms with E-state index in [1.54, 1.807) is 7.11 Å². The Kier molecular flexibility index (Phi) is 2.73. The first kappa shape index (κ1) is 10.9. The van der Waals surface area contributed by atoms with Crippen LogP contribution in [0.5, 0.6) is 0 Å². The van der Waals surface area contributed by atoms with Crippen LogP contribution in [0.25, 0.3) is 0 Å². The molecule has 0 aromatic heterocycles. The van der Waals surface area contributed by atoms with Gasteiger partial charge in [-0.3, -0.25) is 4.79 Å². The summed E-state index contributed by atoms with van der Waals surface area (Å²) in [6, 6.07) is 0. The minimum absolute atomic E-state index is 0.154. The topological polar surface area (TPSA) is 50.4 Å². The van der Waals surface area contributed by atoms with E-state index in [0.717, 1.165) is 19.4 Å². The average molecular weight is 212 g/mol. The molecule has 1 aliphatic carbocycles. The molecule has 3 aliphatic rings. The number of carbonyl (C=O) groups excluding carboxylic acids is 1. The fourth-order valence-corrected chi connectivity index (χ4v) is 2.89. The smallest absolute Gasteiger partial charge is 0.240 e. The molecular formula is C11H20N2O2.